The van der Waals surface area contributed by atoms with E-state index in [2.05, 4.69) is 22.6 Å². The molecule has 2 unspecified atom stereocenters. The number of alkyl halides is 1. The smallest absolute Gasteiger partial charge is 0.168 e. The number of hydrogen-bond acceptors (Lipinski definition) is 1. The van der Waals surface area contributed by atoms with E-state index >= 15 is 0 Å². The van der Waals surface area contributed by atoms with Gasteiger partial charge >= 0.3 is 0 Å². The summed E-state index contributed by atoms with van der Waals surface area (Å²) in [5.41, 5.74) is -0.465. The zero-order valence-electron chi connectivity index (χ0n) is 9.64. The van der Waals surface area contributed by atoms with Gasteiger partial charge in [0.05, 0.1) is 0 Å². The van der Waals surface area contributed by atoms with Crippen LogP contribution in [0.25, 0.3) is 0 Å². The number of aliphatic hydroxyl groups is 1. The van der Waals surface area contributed by atoms with Gasteiger partial charge in [-0.2, -0.15) is 0 Å². The zero-order chi connectivity index (χ0) is 12.6. The highest BCUT2D eigenvalue weighted by molar-refractivity contribution is 14.1. The molecular formula is C13H15F2IO. The molecule has 0 aromatic rings. The van der Waals surface area contributed by atoms with Crippen molar-refractivity contribution in [2.75, 3.05) is 0 Å². The third kappa shape index (κ3) is 2.62. The lowest BCUT2D eigenvalue weighted by Gasteiger charge is -2.27. The van der Waals surface area contributed by atoms with Crippen LogP contribution in [0.1, 0.15) is 32.6 Å². The highest BCUT2D eigenvalue weighted by Gasteiger charge is 2.35. The van der Waals surface area contributed by atoms with E-state index in [0.717, 1.165) is 24.8 Å². The Morgan fingerprint density at radius 2 is 2.12 bits per heavy atom. The molecule has 0 aromatic carbocycles. The van der Waals surface area contributed by atoms with Gasteiger partial charge in [0.15, 0.2) is 11.7 Å². The molecule has 0 amide bonds. The lowest BCUT2D eigenvalue weighted by atomic mass is 9.85. The molecule has 1 nitrogen and oxygen atoms in total. The monoisotopic (exact) mass is 352 g/mol. The van der Waals surface area contributed by atoms with Crippen LogP contribution in [0, 0.1) is 0 Å². The van der Waals surface area contributed by atoms with Crippen LogP contribution in [-0.4, -0.2) is 14.6 Å². The van der Waals surface area contributed by atoms with Crippen molar-refractivity contribution in [3.8, 4) is 0 Å². The maximum absolute atomic E-state index is 13.9. The summed E-state index contributed by atoms with van der Waals surface area (Å²) >= 11 is 2.37. The minimum atomic E-state index is -1.69. The summed E-state index contributed by atoms with van der Waals surface area (Å²) in [5, 5.41) is 9.63. The molecule has 2 aliphatic carbocycles. The quantitative estimate of drug-likeness (QED) is 0.556. The van der Waals surface area contributed by atoms with Gasteiger partial charge in [-0.1, -0.05) is 34.7 Å². The highest BCUT2D eigenvalue weighted by Crippen LogP contribution is 2.40. The highest BCUT2D eigenvalue weighted by atomic mass is 127. The van der Waals surface area contributed by atoms with E-state index in [1.165, 1.54) is 6.92 Å². The summed E-state index contributed by atoms with van der Waals surface area (Å²) in [4.78, 5) is 0. The predicted molar refractivity (Wildman–Crippen MR) is 72.3 cm³/mol. The maximum atomic E-state index is 13.9. The van der Waals surface area contributed by atoms with E-state index in [1.54, 1.807) is 6.08 Å². The van der Waals surface area contributed by atoms with E-state index in [1.807, 2.05) is 6.08 Å². The van der Waals surface area contributed by atoms with Gasteiger partial charge in [0.25, 0.3) is 0 Å². The first-order valence-corrected chi connectivity index (χ1v) is 6.98. The Balaban J connectivity index is 2.28. The largest absolute Gasteiger partial charge is 0.383 e. The second kappa shape index (κ2) is 4.80. The SMILES string of the molecule is CC1(O)CC=C(C2=CCC(I)CC2)C(F)=C1F. The van der Waals surface area contributed by atoms with Crippen LogP contribution in [-0.2, 0) is 0 Å². The van der Waals surface area contributed by atoms with Crippen LogP contribution >= 0.6 is 22.6 Å². The normalized spacial score (nSPS) is 34.5. The molecule has 0 bridgehead atoms. The van der Waals surface area contributed by atoms with Crippen molar-refractivity contribution in [2.24, 2.45) is 0 Å². The molecule has 17 heavy (non-hydrogen) atoms. The molecule has 2 atom stereocenters. The van der Waals surface area contributed by atoms with Crippen molar-refractivity contribution < 1.29 is 13.9 Å². The number of allylic oxidation sites excluding steroid dienone is 4. The minimum Gasteiger partial charge on any atom is -0.383 e. The van der Waals surface area contributed by atoms with Crippen LogP contribution in [0.3, 0.4) is 0 Å². The molecule has 4 heteroatoms. The Labute approximate surface area is 113 Å². The van der Waals surface area contributed by atoms with E-state index in [0.29, 0.717) is 9.50 Å². The third-order valence-electron chi connectivity index (χ3n) is 3.30. The summed E-state index contributed by atoms with van der Waals surface area (Å²) in [5.74, 6) is -1.92. The van der Waals surface area contributed by atoms with Gasteiger partial charge in [0, 0.05) is 15.9 Å². The van der Waals surface area contributed by atoms with E-state index in [-0.39, 0.29) is 6.42 Å². The van der Waals surface area contributed by atoms with Crippen LogP contribution in [0.15, 0.2) is 35.0 Å². The number of halogens is 3. The Morgan fingerprint density at radius 3 is 2.71 bits per heavy atom. The summed E-state index contributed by atoms with van der Waals surface area (Å²) < 4.78 is 28.1. The first-order chi connectivity index (χ1) is 7.92. The second-order valence-corrected chi connectivity index (χ2v) is 6.59. The van der Waals surface area contributed by atoms with Crippen molar-refractivity contribution >= 4 is 22.6 Å². The van der Waals surface area contributed by atoms with Crippen molar-refractivity contribution in [3.05, 3.63) is 35.0 Å². The topological polar surface area (TPSA) is 20.2 Å². The van der Waals surface area contributed by atoms with Crippen LogP contribution in [0.2, 0.25) is 0 Å². The molecule has 0 fully saturated rings. The molecule has 94 valence electrons. The van der Waals surface area contributed by atoms with E-state index < -0.39 is 17.3 Å². The molecule has 0 heterocycles. The van der Waals surface area contributed by atoms with Crippen molar-refractivity contribution in [2.45, 2.75) is 42.1 Å². The Hall–Kier alpha value is -0.230. The average molecular weight is 352 g/mol. The third-order valence-corrected chi connectivity index (χ3v) is 4.43. The molecular weight excluding hydrogens is 337 g/mol. The van der Waals surface area contributed by atoms with Crippen molar-refractivity contribution in [3.63, 3.8) is 0 Å². The fourth-order valence-corrected chi connectivity index (χ4v) is 2.72. The van der Waals surface area contributed by atoms with Crippen LogP contribution in [0.5, 0.6) is 0 Å². The zero-order valence-corrected chi connectivity index (χ0v) is 11.8. The molecule has 0 spiro atoms. The van der Waals surface area contributed by atoms with Gasteiger partial charge in [-0.15, -0.1) is 0 Å². The van der Waals surface area contributed by atoms with Gasteiger partial charge in [-0.25, -0.2) is 8.78 Å². The van der Waals surface area contributed by atoms with Gasteiger partial charge in [-0.05, 0) is 31.8 Å². The first-order valence-electron chi connectivity index (χ1n) is 5.74. The van der Waals surface area contributed by atoms with Crippen LogP contribution in [0.4, 0.5) is 8.78 Å². The molecule has 0 aromatic heterocycles. The minimum absolute atomic E-state index is 0.132. The summed E-state index contributed by atoms with van der Waals surface area (Å²) in [7, 11) is 0. The fraction of sp³-hybridized carbons (Fsp3) is 0.538. The summed E-state index contributed by atoms with van der Waals surface area (Å²) in [6, 6.07) is 0. The first kappa shape index (κ1) is 13.2. The average Bonchev–Trinajstić information content (AvgIpc) is 2.28. The Bertz CT molecular complexity index is 421. The number of hydrogen-bond donors (Lipinski definition) is 1. The van der Waals surface area contributed by atoms with E-state index in [9.17, 15) is 13.9 Å². The van der Waals surface area contributed by atoms with Crippen LogP contribution < -0.4 is 0 Å². The Morgan fingerprint density at radius 1 is 1.41 bits per heavy atom. The lowest BCUT2D eigenvalue weighted by molar-refractivity contribution is 0.0705. The maximum Gasteiger partial charge on any atom is 0.168 e. The predicted octanol–water partition coefficient (Wildman–Crippen LogP) is 4.13. The standard InChI is InChI=1S/C13H15F2IO/c1-13(17)7-6-10(11(14)12(13)15)8-2-4-9(16)5-3-8/h2,6,9,17H,3-5,7H2,1H3. The summed E-state index contributed by atoms with van der Waals surface area (Å²) in [6.07, 6.45) is 6.40. The van der Waals surface area contributed by atoms with Crippen molar-refractivity contribution in [1.29, 1.82) is 0 Å². The second-order valence-electron chi connectivity index (χ2n) is 4.82. The van der Waals surface area contributed by atoms with Gasteiger partial charge in [-0.3, -0.25) is 0 Å². The number of rotatable bonds is 1. The fourth-order valence-electron chi connectivity index (χ4n) is 2.15. The molecule has 0 radical (unpaired) electrons. The van der Waals surface area contributed by atoms with E-state index in [4.69, 9.17) is 0 Å². The van der Waals surface area contributed by atoms with Crippen molar-refractivity contribution in [1.82, 2.24) is 0 Å². The molecule has 0 saturated heterocycles. The summed E-state index contributed by atoms with van der Waals surface area (Å²) in [6.45, 7) is 1.30. The molecule has 0 saturated carbocycles. The molecule has 0 aliphatic heterocycles. The van der Waals surface area contributed by atoms with Gasteiger partial charge < -0.3 is 5.11 Å². The Kier molecular flexibility index (Phi) is 3.73. The van der Waals surface area contributed by atoms with Gasteiger partial charge in [0.1, 0.15) is 5.60 Å². The molecule has 2 rings (SSSR count). The molecule has 1 N–H and O–H groups in total. The lowest BCUT2D eigenvalue weighted by Crippen LogP contribution is -2.28. The van der Waals surface area contributed by atoms with Gasteiger partial charge in [0.2, 0.25) is 0 Å². The molecule has 2 aliphatic rings.